The van der Waals surface area contributed by atoms with Crippen LogP contribution >= 0.6 is 0 Å². The minimum absolute atomic E-state index is 0.369. The molecule has 0 bridgehead atoms. The van der Waals surface area contributed by atoms with Gasteiger partial charge in [-0.15, -0.1) is 0 Å². The zero-order valence-electron chi connectivity index (χ0n) is 5.33. The third kappa shape index (κ3) is 6.81. The Morgan fingerprint density at radius 3 is 3.00 bits per heavy atom. The van der Waals surface area contributed by atoms with Crippen molar-refractivity contribution >= 4 is 6.34 Å². The van der Waals surface area contributed by atoms with E-state index in [9.17, 15) is 0 Å². The van der Waals surface area contributed by atoms with Crippen LogP contribution in [0.1, 0.15) is 6.92 Å². The minimum Gasteiger partial charge on any atom is -0.356 e. The molecule has 0 heterocycles. The molecule has 4 nitrogen and oxygen atoms in total. The van der Waals surface area contributed by atoms with E-state index in [1.807, 2.05) is 6.92 Å². The first-order chi connectivity index (χ1) is 4.41. The maximum absolute atomic E-state index is 6.53. The van der Waals surface area contributed by atoms with Gasteiger partial charge >= 0.3 is 0 Å². The van der Waals surface area contributed by atoms with Crippen molar-refractivity contribution in [3.8, 4) is 0 Å². The van der Waals surface area contributed by atoms with E-state index in [4.69, 9.17) is 5.41 Å². The lowest BCUT2D eigenvalue weighted by molar-refractivity contribution is 0.875. The fraction of sp³-hybridized carbons (Fsp3) is 0.400. The van der Waals surface area contributed by atoms with Gasteiger partial charge in [0, 0.05) is 6.20 Å². The normalized spacial score (nSPS) is 10.8. The first-order valence-corrected chi connectivity index (χ1v) is 2.62. The van der Waals surface area contributed by atoms with Gasteiger partial charge in [0.25, 0.3) is 0 Å². The highest BCUT2D eigenvalue weighted by Gasteiger charge is 1.67. The van der Waals surface area contributed by atoms with Gasteiger partial charge in [-0.05, 0) is 6.92 Å². The Labute approximate surface area is 54.2 Å². The lowest BCUT2D eigenvalue weighted by Crippen LogP contribution is -2.08. The summed E-state index contributed by atoms with van der Waals surface area (Å²) in [6, 6.07) is 0. The van der Waals surface area contributed by atoms with Crippen LogP contribution in [0.2, 0.25) is 0 Å². The topological polar surface area (TPSA) is 60.6 Å². The largest absolute Gasteiger partial charge is 0.356 e. The number of allylic oxidation sites excluding steroid dienone is 1. The van der Waals surface area contributed by atoms with Crippen LogP contribution in [-0.2, 0) is 0 Å². The van der Waals surface area contributed by atoms with Crippen LogP contribution in [0.3, 0.4) is 0 Å². The van der Waals surface area contributed by atoms with E-state index in [1.54, 1.807) is 12.3 Å². The summed E-state index contributed by atoms with van der Waals surface area (Å²) in [5, 5.41) is 16.3. The number of nitrogens with zero attached hydrogens (tertiary/aromatic N) is 2. The van der Waals surface area contributed by atoms with E-state index >= 15 is 0 Å². The lowest BCUT2D eigenvalue weighted by atomic mass is 10.7. The van der Waals surface area contributed by atoms with Gasteiger partial charge in [0.15, 0.2) is 0 Å². The zero-order chi connectivity index (χ0) is 6.95. The molecule has 0 saturated heterocycles. The van der Waals surface area contributed by atoms with Crippen molar-refractivity contribution in [1.82, 2.24) is 5.32 Å². The van der Waals surface area contributed by atoms with E-state index < -0.39 is 0 Å². The molecule has 2 N–H and O–H groups in total. The Kier molecular flexibility index (Phi) is 5.91. The van der Waals surface area contributed by atoms with Crippen LogP contribution in [-0.4, -0.2) is 13.0 Å². The molecule has 0 atom stereocenters. The van der Waals surface area contributed by atoms with E-state index in [0.29, 0.717) is 6.67 Å². The summed E-state index contributed by atoms with van der Waals surface area (Å²) < 4.78 is 0. The Bertz CT molecular complexity index is 116. The molecule has 4 heteroatoms. The number of hydrogen-bond acceptors (Lipinski definition) is 3. The summed E-state index contributed by atoms with van der Waals surface area (Å²) >= 11 is 0. The van der Waals surface area contributed by atoms with Crippen LogP contribution in [0.15, 0.2) is 22.5 Å². The molecule has 9 heavy (non-hydrogen) atoms. The van der Waals surface area contributed by atoms with E-state index in [-0.39, 0.29) is 0 Å². The molecule has 50 valence electrons. The van der Waals surface area contributed by atoms with Gasteiger partial charge in [-0.25, -0.2) is 0 Å². The zero-order valence-corrected chi connectivity index (χ0v) is 5.33. The highest BCUT2D eigenvalue weighted by molar-refractivity contribution is 5.49. The van der Waals surface area contributed by atoms with E-state index in [2.05, 4.69) is 15.5 Å². The molecule has 0 amide bonds. The lowest BCUT2D eigenvalue weighted by Gasteiger charge is -1.85. The average molecular weight is 126 g/mol. The van der Waals surface area contributed by atoms with Crippen molar-refractivity contribution in [3.63, 3.8) is 0 Å². The predicted octanol–water partition coefficient (Wildman–Crippen LogP) is 1.13. The van der Waals surface area contributed by atoms with Gasteiger partial charge in [0.2, 0.25) is 0 Å². The van der Waals surface area contributed by atoms with Crippen LogP contribution in [0.5, 0.6) is 0 Å². The molecule has 0 saturated carbocycles. The molecule has 0 aliphatic rings. The molecular weight excluding hydrogens is 116 g/mol. The Morgan fingerprint density at radius 1 is 1.67 bits per heavy atom. The van der Waals surface area contributed by atoms with Crippen molar-refractivity contribution < 1.29 is 0 Å². The number of azo groups is 1. The molecule has 0 aliphatic heterocycles. The van der Waals surface area contributed by atoms with Gasteiger partial charge in [-0.1, -0.05) is 6.08 Å². The third-order valence-electron chi connectivity index (χ3n) is 0.561. The first-order valence-electron chi connectivity index (χ1n) is 2.62. The number of hydrogen-bond donors (Lipinski definition) is 2. The highest BCUT2D eigenvalue weighted by atomic mass is 15.2. The summed E-state index contributed by atoms with van der Waals surface area (Å²) in [5.41, 5.74) is 0. The smallest absolute Gasteiger partial charge is 0.130 e. The number of nitrogens with one attached hydrogen (secondary N) is 2. The van der Waals surface area contributed by atoms with Gasteiger partial charge in [-0.3, -0.25) is 5.41 Å². The maximum Gasteiger partial charge on any atom is 0.130 e. The Balaban J connectivity index is 3.14. The fourth-order valence-corrected chi connectivity index (χ4v) is 0.241. The van der Waals surface area contributed by atoms with Gasteiger partial charge < -0.3 is 5.32 Å². The van der Waals surface area contributed by atoms with Crippen molar-refractivity contribution in [2.75, 3.05) is 6.67 Å². The highest BCUT2D eigenvalue weighted by Crippen LogP contribution is 1.74. The second kappa shape index (κ2) is 6.81. The van der Waals surface area contributed by atoms with Crippen molar-refractivity contribution in [2.45, 2.75) is 6.92 Å². The molecule has 0 unspecified atom stereocenters. The molecule has 0 aromatic heterocycles. The minimum atomic E-state index is 0.369. The predicted molar refractivity (Wildman–Crippen MR) is 36.5 cm³/mol. The second-order valence-electron chi connectivity index (χ2n) is 1.25. The van der Waals surface area contributed by atoms with Gasteiger partial charge in [0.1, 0.15) is 6.67 Å². The van der Waals surface area contributed by atoms with Crippen LogP contribution in [0.25, 0.3) is 0 Å². The third-order valence-corrected chi connectivity index (χ3v) is 0.561. The molecule has 0 spiro atoms. The second-order valence-corrected chi connectivity index (χ2v) is 1.25. The summed E-state index contributed by atoms with van der Waals surface area (Å²) in [4.78, 5) is 0. The molecule has 0 aromatic carbocycles. The quantitative estimate of drug-likeness (QED) is 0.252. The summed E-state index contributed by atoms with van der Waals surface area (Å²) in [6.07, 6.45) is 4.45. The molecule has 0 radical (unpaired) electrons. The average Bonchev–Trinajstić information content (AvgIpc) is 1.89. The summed E-state index contributed by atoms with van der Waals surface area (Å²) in [5.74, 6) is 0. The van der Waals surface area contributed by atoms with Crippen LogP contribution in [0.4, 0.5) is 0 Å². The van der Waals surface area contributed by atoms with Gasteiger partial charge in [-0.2, -0.15) is 10.2 Å². The standard InChI is InChI=1S/C5H10N4/c1-2-3-8-9-5-7-4-6/h2-4H,5H2,1H3,(H2,6,7)/b3-2-,9-8?. The molecule has 0 aliphatic carbocycles. The first kappa shape index (κ1) is 7.81. The van der Waals surface area contributed by atoms with Gasteiger partial charge in [0.05, 0.1) is 6.34 Å². The van der Waals surface area contributed by atoms with Crippen molar-refractivity contribution in [1.29, 1.82) is 5.41 Å². The fourth-order valence-electron chi connectivity index (χ4n) is 0.241. The van der Waals surface area contributed by atoms with Crippen molar-refractivity contribution in [2.24, 2.45) is 10.2 Å². The van der Waals surface area contributed by atoms with E-state index in [0.717, 1.165) is 6.34 Å². The Morgan fingerprint density at radius 2 is 2.44 bits per heavy atom. The molecule has 0 fully saturated rings. The Hall–Kier alpha value is -1.19. The number of rotatable bonds is 4. The van der Waals surface area contributed by atoms with Crippen LogP contribution < -0.4 is 5.32 Å². The molecule has 0 rings (SSSR count). The maximum atomic E-state index is 6.53. The summed E-state index contributed by atoms with van der Waals surface area (Å²) in [7, 11) is 0. The van der Waals surface area contributed by atoms with Crippen LogP contribution in [0, 0.1) is 5.41 Å². The van der Waals surface area contributed by atoms with Crippen molar-refractivity contribution in [3.05, 3.63) is 12.3 Å². The summed E-state index contributed by atoms with van der Waals surface area (Å²) in [6.45, 7) is 2.23. The molecule has 0 aromatic rings. The monoisotopic (exact) mass is 126 g/mol. The molecular formula is C5H10N4. The van der Waals surface area contributed by atoms with E-state index in [1.165, 1.54) is 0 Å². The SMILES string of the molecule is C/C=C\N=NCNC=N.